The third kappa shape index (κ3) is 3.25. The number of piperidine rings is 1. The van der Waals surface area contributed by atoms with Gasteiger partial charge in [-0.3, -0.25) is 4.79 Å². The maximum absolute atomic E-state index is 13.6. The van der Waals surface area contributed by atoms with Crippen molar-refractivity contribution in [1.29, 1.82) is 0 Å². The number of benzene rings is 1. The van der Waals surface area contributed by atoms with Crippen molar-refractivity contribution in [1.82, 2.24) is 10.2 Å². The Hall–Kier alpha value is -1.69. The summed E-state index contributed by atoms with van der Waals surface area (Å²) in [4.78, 5) is 14.2. The van der Waals surface area contributed by atoms with Crippen LogP contribution >= 0.6 is 0 Å². The molecule has 20 heavy (non-hydrogen) atoms. The van der Waals surface area contributed by atoms with Gasteiger partial charge in [0.1, 0.15) is 17.3 Å². The highest BCUT2D eigenvalue weighted by Gasteiger charge is 2.21. The normalized spacial score (nSPS) is 19.7. The molecular formula is C14H19F2N3O. The Kier molecular flexibility index (Phi) is 4.54. The first-order valence-electron chi connectivity index (χ1n) is 6.67. The smallest absolute Gasteiger partial charge is 0.251 e. The van der Waals surface area contributed by atoms with Gasteiger partial charge in [0.05, 0.1) is 0 Å². The Bertz CT molecular complexity index is 484. The zero-order valence-corrected chi connectivity index (χ0v) is 11.7. The molecular weight excluding hydrogens is 264 g/mol. The molecule has 0 radical (unpaired) electrons. The molecule has 2 rings (SSSR count). The number of rotatable bonds is 3. The number of anilines is 1. The Morgan fingerprint density at radius 2 is 2.00 bits per heavy atom. The first-order valence-corrected chi connectivity index (χ1v) is 6.67. The average Bonchev–Trinajstić information content (AvgIpc) is 2.38. The van der Waals surface area contributed by atoms with Gasteiger partial charge in [0.25, 0.3) is 5.91 Å². The van der Waals surface area contributed by atoms with E-state index in [4.69, 9.17) is 0 Å². The second kappa shape index (κ2) is 6.17. The third-order valence-corrected chi connectivity index (χ3v) is 3.51. The van der Waals surface area contributed by atoms with E-state index in [2.05, 4.69) is 15.5 Å². The minimum atomic E-state index is -0.765. The van der Waals surface area contributed by atoms with Gasteiger partial charge in [-0.05, 0) is 38.6 Å². The number of hydrogen-bond donors (Lipinski definition) is 2. The fourth-order valence-corrected chi connectivity index (χ4v) is 2.50. The number of hydrogen-bond acceptors (Lipinski definition) is 3. The molecule has 1 heterocycles. The molecule has 0 aromatic heterocycles. The number of likely N-dealkylation sites (N-methyl/N-ethyl adjacent to an activating group) is 1. The van der Waals surface area contributed by atoms with Crippen LogP contribution in [-0.2, 0) is 0 Å². The van der Waals surface area contributed by atoms with Crippen molar-refractivity contribution in [2.24, 2.45) is 0 Å². The number of halogens is 2. The lowest BCUT2D eigenvalue weighted by Gasteiger charge is -2.30. The summed E-state index contributed by atoms with van der Waals surface area (Å²) in [6.45, 7) is 1.76. The molecule has 0 bridgehead atoms. The molecule has 1 aromatic carbocycles. The topological polar surface area (TPSA) is 44.4 Å². The molecule has 2 N–H and O–H groups in total. The summed E-state index contributed by atoms with van der Waals surface area (Å²) in [6.07, 6.45) is 1.89. The molecule has 1 aliphatic heterocycles. The number of amides is 1. The number of likely N-dealkylation sites (tertiary alicyclic amines) is 1. The molecule has 6 heteroatoms. The van der Waals surface area contributed by atoms with E-state index in [-0.39, 0.29) is 17.3 Å². The molecule has 1 unspecified atom stereocenters. The minimum absolute atomic E-state index is 0.00669. The van der Waals surface area contributed by atoms with Gasteiger partial charge in [0.15, 0.2) is 0 Å². The zero-order chi connectivity index (χ0) is 14.7. The zero-order valence-electron chi connectivity index (χ0n) is 11.7. The van der Waals surface area contributed by atoms with Crippen LogP contribution in [-0.4, -0.2) is 44.0 Å². The van der Waals surface area contributed by atoms with Crippen molar-refractivity contribution in [3.63, 3.8) is 0 Å². The summed E-state index contributed by atoms with van der Waals surface area (Å²) in [5, 5.41) is 5.25. The van der Waals surface area contributed by atoms with E-state index < -0.39 is 17.5 Å². The predicted octanol–water partition coefficient (Wildman–Crippen LogP) is 1.83. The van der Waals surface area contributed by atoms with Crippen LogP contribution in [0.1, 0.15) is 23.2 Å². The van der Waals surface area contributed by atoms with Crippen LogP contribution in [0.25, 0.3) is 0 Å². The summed E-state index contributed by atoms with van der Waals surface area (Å²) in [6, 6.07) is 2.13. The number of nitrogens with one attached hydrogen (secondary N) is 2. The van der Waals surface area contributed by atoms with Gasteiger partial charge < -0.3 is 15.5 Å². The molecule has 0 spiro atoms. The van der Waals surface area contributed by atoms with Crippen LogP contribution in [0.5, 0.6) is 0 Å². The Morgan fingerprint density at radius 1 is 1.35 bits per heavy atom. The molecule has 1 saturated heterocycles. The van der Waals surface area contributed by atoms with E-state index in [1.807, 2.05) is 7.05 Å². The lowest BCUT2D eigenvalue weighted by Crippen LogP contribution is -2.46. The second-order valence-electron chi connectivity index (χ2n) is 5.14. The van der Waals surface area contributed by atoms with Crippen molar-refractivity contribution in [2.75, 3.05) is 32.5 Å². The molecule has 110 valence electrons. The van der Waals surface area contributed by atoms with Gasteiger partial charge in [-0.15, -0.1) is 0 Å². The lowest BCUT2D eigenvalue weighted by atomic mass is 10.1. The van der Waals surface area contributed by atoms with Crippen molar-refractivity contribution in [3.05, 3.63) is 29.3 Å². The van der Waals surface area contributed by atoms with Gasteiger partial charge in [-0.25, -0.2) is 8.78 Å². The van der Waals surface area contributed by atoms with Crippen LogP contribution in [0.3, 0.4) is 0 Å². The molecule has 1 aliphatic rings. The van der Waals surface area contributed by atoms with E-state index in [1.54, 1.807) is 0 Å². The summed E-state index contributed by atoms with van der Waals surface area (Å²) < 4.78 is 27.2. The summed E-state index contributed by atoms with van der Waals surface area (Å²) in [5.41, 5.74) is -0.217. The van der Waals surface area contributed by atoms with E-state index >= 15 is 0 Å². The standard InChI is InChI=1S/C14H19F2N3O/c1-17-13-11(15)6-9(7-12(13)16)14(20)18-10-4-3-5-19(2)8-10/h6-7,10,17H,3-5,8H2,1-2H3,(H,18,20). The summed E-state index contributed by atoms with van der Waals surface area (Å²) in [7, 11) is 3.42. The van der Waals surface area contributed by atoms with Gasteiger partial charge >= 0.3 is 0 Å². The van der Waals surface area contributed by atoms with Crippen LogP contribution in [0, 0.1) is 11.6 Å². The predicted molar refractivity (Wildman–Crippen MR) is 73.9 cm³/mol. The van der Waals surface area contributed by atoms with Gasteiger partial charge in [-0.2, -0.15) is 0 Å². The SMILES string of the molecule is CNc1c(F)cc(C(=O)NC2CCCN(C)C2)cc1F. The lowest BCUT2D eigenvalue weighted by molar-refractivity contribution is 0.0911. The highest BCUT2D eigenvalue weighted by Crippen LogP contribution is 2.20. The van der Waals surface area contributed by atoms with Crippen LogP contribution in [0.2, 0.25) is 0 Å². The summed E-state index contributed by atoms with van der Waals surface area (Å²) in [5.74, 6) is -1.97. The molecule has 1 aromatic rings. The molecule has 1 fully saturated rings. The fraction of sp³-hybridized carbons (Fsp3) is 0.500. The van der Waals surface area contributed by atoms with Crippen molar-refractivity contribution >= 4 is 11.6 Å². The van der Waals surface area contributed by atoms with Gasteiger partial charge in [0.2, 0.25) is 0 Å². The fourth-order valence-electron chi connectivity index (χ4n) is 2.50. The average molecular weight is 283 g/mol. The maximum Gasteiger partial charge on any atom is 0.251 e. The summed E-state index contributed by atoms with van der Waals surface area (Å²) >= 11 is 0. The molecule has 1 atom stereocenters. The van der Waals surface area contributed by atoms with E-state index in [9.17, 15) is 13.6 Å². The van der Waals surface area contributed by atoms with Crippen LogP contribution < -0.4 is 10.6 Å². The Labute approximate surface area is 117 Å². The van der Waals surface area contributed by atoms with Crippen molar-refractivity contribution in [3.8, 4) is 0 Å². The molecule has 0 saturated carbocycles. The second-order valence-corrected chi connectivity index (χ2v) is 5.14. The largest absolute Gasteiger partial charge is 0.383 e. The van der Waals surface area contributed by atoms with Gasteiger partial charge in [-0.1, -0.05) is 0 Å². The quantitative estimate of drug-likeness (QED) is 0.889. The third-order valence-electron chi connectivity index (χ3n) is 3.51. The highest BCUT2D eigenvalue weighted by atomic mass is 19.1. The first-order chi connectivity index (χ1) is 9.51. The molecule has 0 aliphatic carbocycles. The van der Waals surface area contributed by atoms with Crippen LogP contribution in [0.4, 0.5) is 14.5 Å². The Morgan fingerprint density at radius 3 is 2.55 bits per heavy atom. The van der Waals surface area contributed by atoms with Crippen molar-refractivity contribution < 1.29 is 13.6 Å². The Balaban J connectivity index is 2.09. The first kappa shape index (κ1) is 14.7. The number of carbonyl (C=O) groups excluding carboxylic acids is 1. The number of nitrogens with zero attached hydrogens (tertiary/aromatic N) is 1. The van der Waals surface area contributed by atoms with E-state index in [0.29, 0.717) is 0 Å². The monoisotopic (exact) mass is 283 g/mol. The van der Waals surface area contributed by atoms with Gasteiger partial charge in [0, 0.05) is 25.2 Å². The highest BCUT2D eigenvalue weighted by molar-refractivity contribution is 5.94. The van der Waals surface area contributed by atoms with Crippen LogP contribution in [0.15, 0.2) is 12.1 Å². The van der Waals surface area contributed by atoms with E-state index in [1.165, 1.54) is 7.05 Å². The molecule has 4 nitrogen and oxygen atoms in total. The van der Waals surface area contributed by atoms with Crippen molar-refractivity contribution in [2.45, 2.75) is 18.9 Å². The maximum atomic E-state index is 13.6. The van der Waals surface area contributed by atoms with E-state index in [0.717, 1.165) is 38.1 Å². The molecule has 1 amide bonds. The number of carbonyl (C=O) groups is 1. The minimum Gasteiger partial charge on any atom is -0.383 e.